The zero-order chi connectivity index (χ0) is 23.7. The van der Waals surface area contributed by atoms with Crippen LogP contribution >= 0.6 is 11.6 Å². The van der Waals surface area contributed by atoms with Gasteiger partial charge in [0, 0.05) is 68.2 Å². The first-order valence-electron chi connectivity index (χ1n) is 11.6. The van der Waals surface area contributed by atoms with Crippen molar-refractivity contribution in [2.24, 2.45) is 0 Å². The monoisotopic (exact) mass is 480 g/mol. The number of hydrogen-bond acceptors (Lipinski definition) is 7. The number of amides is 1. The van der Waals surface area contributed by atoms with Crippen LogP contribution in [0.4, 0.5) is 11.5 Å². The van der Waals surface area contributed by atoms with Gasteiger partial charge in [0.2, 0.25) is 0 Å². The predicted octanol–water partition coefficient (Wildman–Crippen LogP) is 3.01. The van der Waals surface area contributed by atoms with Crippen LogP contribution < -0.4 is 14.5 Å². The van der Waals surface area contributed by atoms with Crippen molar-refractivity contribution in [3.8, 4) is 5.75 Å². The predicted molar refractivity (Wildman–Crippen MR) is 135 cm³/mol. The number of benzene rings is 2. The minimum absolute atomic E-state index is 0.0405. The number of likely N-dealkylation sites (N-methyl/N-ethyl adjacent to an activating group) is 1. The molecule has 0 radical (unpaired) electrons. The highest BCUT2D eigenvalue weighted by Crippen LogP contribution is 2.33. The van der Waals surface area contributed by atoms with Gasteiger partial charge in [0.05, 0.1) is 12.8 Å². The third kappa shape index (κ3) is 4.35. The molecule has 3 aromatic rings. The summed E-state index contributed by atoms with van der Waals surface area (Å²) in [5.74, 6) is 1.60. The fourth-order valence-corrected chi connectivity index (χ4v) is 4.88. The molecule has 8 nitrogen and oxygen atoms in total. The maximum Gasteiger partial charge on any atom is 0.275 e. The van der Waals surface area contributed by atoms with E-state index in [1.54, 1.807) is 7.11 Å². The van der Waals surface area contributed by atoms with Crippen LogP contribution in [0.1, 0.15) is 10.5 Å². The Bertz CT molecular complexity index is 1190. The maximum atomic E-state index is 13.3. The summed E-state index contributed by atoms with van der Waals surface area (Å²) in [6.07, 6.45) is 0. The molecule has 9 heteroatoms. The number of ether oxygens (including phenoxy) is 1. The van der Waals surface area contributed by atoms with E-state index in [-0.39, 0.29) is 5.91 Å². The molecule has 178 valence electrons. The third-order valence-corrected chi connectivity index (χ3v) is 6.96. The molecule has 2 saturated heterocycles. The molecular formula is C25H29ClN6O2. The van der Waals surface area contributed by atoms with Crippen LogP contribution in [-0.2, 0) is 0 Å². The molecule has 1 amide bonds. The highest BCUT2D eigenvalue weighted by molar-refractivity contribution is 6.31. The van der Waals surface area contributed by atoms with Crippen LogP contribution in [0.3, 0.4) is 0 Å². The normalized spacial score (nSPS) is 17.3. The van der Waals surface area contributed by atoms with Crippen LogP contribution in [0.5, 0.6) is 5.75 Å². The van der Waals surface area contributed by atoms with Gasteiger partial charge in [0.25, 0.3) is 5.91 Å². The Balaban J connectivity index is 1.38. The van der Waals surface area contributed by atoms with Crippen LogP contribution in [0, 0.1) is 0 Å². The van der Waals surface area contributed by atoms with Gasteiger partial charge in [-0.3, -0.25) is 4.79 Å². The van der Waals surface area contributed by atoms with Crippen molar-refractivity contribution in [2.75, 3.05) is 76.3 Å². The summed E-state index contributed by atoms with van der Waals surface area (Å²) in [7, 11) is 3.75. The van der Waals surface area contributed by atoms with Crippen molar-refractivity contribution < 1.29 is 9.53 Å². The number of hydrogen-bond donors (Lipinski definition) is 0. The topological polar surface area (TPSA) is 65.0 Å². The van der Waals surface area contributed by atoms with Crippen molar-refractivity contribution in [3.63, 3.8) is 0 Å². The first kappa shape index (κ1) is 22.7. The molecule has 0 atom stereocenters. The van der Waals surface area contributed by atoms with Crippen molar-refractivity contribution >= 4 is 39.8 Å². The lowest BCUT2D eigenvalue weighted by molar-refractivity contribution is 0.0659. The van der Waals surface area contributed by atoms with E-state index in [9.17, 15) is 4.79 Å². The smallest absolute Gasteiger partial charge is 0.275 e. The van der Waals surface area contributed by atoms with E-state index >= 15 is 0 Å². The molecule has 0 spiro atoms. The quantitative estimate of drug-likeness (QED) is 0.568. The SMILES string of the molecule is COc1ccc(Cl)cc1N1CCN(c2nnc(C(=O)N3CCN(C)CC3)c3ccccc23)CC1. The zero-order valence-electron chi connectivity index (χ0n) is 19.6. The molecule has 34 heavy (non-hydrogen) atoms. The first-order valence-corrected chi connectivity index (χ1v) is 12.0. The van der Waals surface area contributed by atoms with Crippen molar-refractivity contribution in [1.29, 1.82) is 0 Å². The number of fused-ring (bicyclic) bond motifs is 1. The Kier molecular flexibility index (Phi) is 6.43. The van der Waals surface area contributed by atoms with Crippen molar-refractivity contribution in [2.45, 2.75) is 0 Å². The Morgan fingerprint density at radius 1 is 0.882 bits per heavy atom. The standard InChI is InChI=1S/C25H29ClN6O2/c1-29-9-11-32(12-10-29)25(33)23-19-5-3-4-6-20(19)24(28-27-23)31-15-13-30(14-16-31)21-17-18(26)7-8-22(21)34-2/h3-8,17H,9-16H2,1-2H3. The second kappa shape index (κ2) is 9.64. The minimum Gasteiger partial charge on any atom is -0.495 e. The zero-order valence-corrected chi connectivity index (χ0v) is 20.3. The molecule has 2 aromatic carbocycles. The summed E-state index contributed by atoms with van der Waals surface area (Å²) in [6, 6.07) is 13.6. The van der Waals surface area contributed by atoms with Crippen LogP contribution in [-0.4, -0.2) is 92.4 Å². The van der Waals surface area contributed by atoms with Gasteiger partial charge in [0.1, 0.15) is 5.75 Å². The summed E-state index contributed by atoms with van der Waals surface area (Å²) in [5, 5.41) is 11.5. The highest BCUT2D eigenvalue weighted by atomic mass is 35.5. The van der Waals surface area contributed by atoms with Gasteiger partial charge in [-0.1, -0.05) is 35.9 Å². The fourth-order valence-electron chi connectivity index (χ4n) is 4.71. The molecule has 0 N–H and O–H groups in total. The molecule has 0 aliphatic carbocycles. The first-order chi connectivity index (χ1) is 16.5. The second-order valence-electron chi connectivity index (χ2n) is 8.80. The summed E-state index contributed by atoms with van der Waals surface area (Å²) in [5.41, 5.74) is 1.44. The third-order valence-electron chi connectivity index (χ3n) is 6.72. The molecular weight excluding hydrogens is 452 g/mol. The average molecular weight is 481 g/mol. The molecule has 2 aliphatic rings. The Labute approximate surface area is 204 Å². The number of nitrogens with zero attached hydrogens (tertiary/aromatic N) is 6. The fraction of sp³-hybridized carbons (Fsp3) is 0.400. The van der Waals surface area contributed by atoms with E-state index in [0.717, 1.165) is 67.3 Å². The summed E-state index contributed by atoms with van der Waals surface area (Å²) in [4.78, 5) is 21.9. The van der Waals surface area contributed by atoms with Gasteiger partial charge >= 0.3 is 0 Å². The van der Waals surface area contributed by atoms with E-state index in [0.29, 0.717) is 23.8 Å². The molecule has 3 heterocycles. The lowest BCUT2D eigenvalue weighted by atomic mass is 10.1. The number of piperazine rings is 2. The molecule has 0 unspecified atom stereocenters. The number of rotatable bonds is 4. The second-order valence-corrected chi connectivity index (χ2v) is 9.24. The number of carbonyl (C=O) groups is 1. The molecule has 2 fully saturated rings. The number of anilines is 2. The summed E-state index contributed by atoms with van der Waals surface area (Å²) in [6.45, 7) is 6.32. The largest absolute Gasteiger partial charge is 0.495 e. The van der Waals surface area contributed by atoms with Crippen molar-refractivity contribution in [3.05, 3.63) is 53.2 Å². The lowest BCUT2D eigenvalue weighted by Gasteiger charge is -2.37. The number of halogens is 1. The van der Waals surface area contributed by atoms with Gasteiger partial charge < -0.3 is 24.3 Å². The lowest BCUT2D eigenvalue weighted by Crippen LogP contribution is -2.48. The van der Waals surface area contributed by atoms with Gasteiger partial charge in [-0.15, -0.1) is 10.2 Å². The molecule has 5 rings (SSSR count). The molecule has 0 saturated carbocycles. The van der Waals surface area contributed by atoms with Gasteiger partial charge in [-0.2, -0.15) is 0 Å². The minimum atomic E-state index is -0.0405. The van der Waals surface area contributed by atoms with Gasteiger partial charge in [-0.25, -0.2) is 0 Å². The molecule has 0 bridgehead atoms. The highest BCUT2D eigenvalue weighted by Gasteiger charge is 2.27. The number of carbonyl (C=O) groups excluding carboxylic acids is 1. The van der Waals surface area contributed by atoms with E-state index in [2.05, 4.69) is 31.9 Å². The molecule has 2 aliphatic heterocycles. The van der Waals surface area contributed by atoms with Crippen molar-refractivity contribution in [1.82, 2.24) is 20.0 Å². The van der Waals surface area contributed by atoms with Gasteiger partial charge in [-0.05, 0) is 25.2 Å². The van der Waals surface area contributed by atoms with Crippen LogP contribution in [0.2, 0.25) is 5.02 Å². The number of aromatic nitrogens is 2. The Morgan fingerprint density at radius 3 is 2.26 bits per heavy atom. The van der Waals surface area contributed by atoms with E-state index in [1.807, 2.05) is 47.4 Å². The summed E-state index contributed by atoms with van der Waals surface area (Å²) >= 11 is 6.24. The van der Waals surface area contributed by atoms with E-state index in [4.69, 9.17) is 16.3 Å². The number of methoxy groups -OCH3 is 1. The van der Waals surface area contributed by atoms with Crippen LogP contribution in [0.15, 0.2) is 42.5 Å². The van der Waals surface area contributed by atoms with Crippen LogP contribution in [0.25, 0.3) is 10.8 Å². The molecule has 1 aromatic heterocycles. The van der Waals surface area contributed by atoms with Gasteiger partial charge in [0.15, 0.2) is 11.5 Å². The average Bonchev–Trinajstić information content (AvgIpc) is 2.88. The summed E-state index contributed by atoms with van der Waals surface area (Å²) < 4.78 is 5.54. The Hall–Kier alpha value is -3.10. The van der Waals surface area contributed by atoms with E-state index in [1.165, 1.54) is 0 Å². The van der Waals surface area contributed by atoms with E-state index < -0.39 is 0 Å². The Morgan fingerprint density at radius 2 is 1.56 bits per heavy atom. The maximum absolute atomic E-state index is 13.3.